The van der Waals surface area contributed by atoms with Gasteiger partial charge in [-0.05, 0) is 42.0 Å². The van der Waals surface area contributed by atoms with E-state index in [0.717, 1.165) is 2.88 Å². The van der Waals surface area contributed by atoms with Gasteiger partial charge in [-0.2, -0.15) is 0 Å². The molecular weight excluding hydrogens is 343 g/mol. The van der Waals surface area contributed by atoms with Gasteiger partial charge < -0.3 is 9.47 Å². The zero-order valence-corrected chi connectivity index (χ0v) is 12.1. The van der Waals surface area contributed by atoms with Crippen LogP contribution < -0.4 is 0 Å². The summed E-state index contributed by atoms with van der Waals surface area (Å²) in [5, 5.41) is 0. The van der Waals surface area contributed by atoms with E-state index in [1.165, 1.54) is 18.4 Å². The molecule has 0 saturated heterocycles. The molecule has 0 radical (unpaired) electrons. The molecule has 0 spiro atoms. The maximum absolute atomic E-state index is 11.6. The molecule has 0 fully saturated rings. The Morgan fingerprint density at radius 3 is 2.50 bits per heavy atom. The van der Waals surface area contributed by atoms with Crippen LogP contribution in [0.5, 0.6) is 0 Å². The number of hydrogen-bond acceptors (Lipinski definition) is 5. The van der Waals surface area contributed by atoms with Crippen molar-refractivity contribution in [3.63, 3.8) is 0 Å². The SMILES string of the molecule is CCOC(=O)c1sc(I)c(C(=O)OC)c1C. The molecule has 0 N–H and O–H groups in total. The average molecular weight is 354 g/mol. The molecule has 1 aromatic rings. The molecule has 1 heterocycles. The predicted octanol–water partition coefficient (Wildman–Crippen LogP) is 2.62. The van der Waals surface area contributed by atoms with E-state index in [1.54, 1.807) is 13.8 Å². The first kappa shape index (κ1) is 13.4. The first-order valence-corrected chi connectivity index (χ1v) is 6.46. The normalized spacial score (nSPS) is 10.0. The third-order valence-corrected chi connectivity index (χ3v) is 4.21. The number of esters is 2. The van der Waals surface area contributed by atoms with Crippen LogP contribution in [0.25, 0.3) is 0 Å². The van der Waals surface area contributed by atoms with Gasteiger partial charge in [0.05, 0.1) is 22.2 Å². The van der Waals surface area contributed by atoms with E-state index < -0.39 is 11.9 Å². The highest BCUT2D eigenvalue weighted by Crippen LogP contribution is 2.30. The highest BCUT2D eigenvalue weighted by atomic mass is 127. The number of carbonyl (C=O) groups is 2. The number of methoxy groups -OCH3 is 1. The van der Waals surface area contributed by atoms with E-state index in [2.05, 4.69) is 4.74 Å². The van der Waals surface area contributed by atoms with Gasteiger partial charge in [-0.1, -0.05) is 0 Å². The smallest absolute Gasteiger partial charge is 0.348 e. The van der Waals surface area contributed by atoms with Crippen LogP contribution in [0.3, 0.4) is 0 Å². The molecule has 0 aliphatic rings. The summed E-state index contributed by atoms with van der Waals surface area (Å²) in [6.07, 6.45) is 0. The minimum Gasteiger partial charge on any atom is -0.465 e. The third kappa shape index (κ3) is 2.54. The van der Waals surface area contributed by atoms with Gasteiger partial charge in [-0.25, -0.2) is 9.59 Å². The first-order valence-electron chi connectivity index (χ1n) is 4.57. The molecule has 0 aliphatic heterocycles. The van der Waals surface area contributed by atoms with Crippen LogP contribution in [0.2, 0.25) is 0 Å². The summed E-state index contributed by atoms with van der Waals surface area (Å²) >= 11 is 3.26. The van der Waals surface area contributed by atoms with Gasteiger partial charge in [-0.3, -0.25) is 0 Å². The summed E-state index contributed by atoms with van der Waals surface area (Å²) in [6.45, 7) is 3.78. The van der Waals surface area contributed by atoms with Crippen LogP contribution in [0.4, 0.5) is 0 Å². The number of carbonyl (C=O) groups excluding carboxylic acids is 2. The van der Waals surface area contributed by atoms with Crippen molar-refractivity contribution in [3.05, 3.63) is 18.9 Å². The summed E-state index contributed by atoms with van der Waals surface area (Å²) in [6, 6.07) is 0. The molecular formula is C10H11IO4S. The first-order chi connectivity index (χ1) is 7.52. The zero-order valence-electron chi connectivity index (χ0n) is 9.13. The number of hydrogen-bond donors (Lipinski definition) is 0. The Hall–Kier alpha value is -0.630. The van der Waals surface area contributed by atoms with Gasteiger partial charge in [0.2, 0.25) is 0 Å². The summed E-state index contributed by atoms with van der Waals surface area (Å²) in [4.78, 5) is 23.5. The van der Waals surface area contributed by atoms with Crippen LogP contribution in [0.1, 0.15) is 32.5 Å². The summed E-state index contributed by atoms with van der Waals surface area (Å²) < 4.78 is 10.3. The maximum Gasteiger partial charge on any atom is 0.348 e. The summed E-state index contributed by atoms with van der Waals surface area (Å²) in [7, 11) is 1.32. The fourth-order valence-electron chi connectivity index (χ4n) is 1.20. The lowest BCUT2D eigenvalue weighted by molar-refractivity contribution is 0.0531. The Morgan fingerprint density at radius 2 is 2.00 bits per heavy atom. The van der Waals surface area contributed by atoms with Crippen LogP contribution in [0.15, 0.2) is 0 Å². The Balaban J connectivity index is 3.16. The quantitative estimate of drug-likeness (QED) is 0.619. The van der Waals surface area contributed by atoms with E-state index in [9.17, 15) is 9.59 Å². The van der Waals surface area contributed by atoms with Crippen LogP contribution >= 0.6 is 33.9 Å². The lowest BCUT2D eigenvalue weighted by atomic mass is 10.2. The molecule has 0 atom stereocenters. The van der Waals surface area contributed by atoms with E-state index >= 15 is 0 Å². The second-order valence-electron chi connectivity index (χ2n) is 2.92. The minimum atomic E-state index is -0.423. The Kier molecular flexibility index (Phi) is 4.72. The second kappa shape index (κ2) is 5.62. The molecule has 1 aromatic heterocycles. The minimum absolute atomic E-state index is 0.320. The maximum atomic E-state index is 11.6. The molecule has 88 valence electrons. The Bertz CT molecular complexity index is 425. The highest BCUT2D eigenvalue weighted by Gasteiger charge is 2.24. The molecule has 1 rings (SSSR count). The van der Waals surface area contributed by atoms with Crippen molar-refractivity contribution < 1.29 is 19.1 Å². The van der Waals surface area contributed by atoms with Crippen molar-refractivity contribution in [2.75, 3.05) is 13.7 Å². The van der Waals surface area contributed by atoms with E-state index in [1.807, 2.05) is 22.6 Å². The number of halogens is 1. The summed E-state index contributed by atoms with van der Waals surface area (Å²) in [5.41, 5.74) is 1.08. The highest BCUT2D eigenvalue weighted by molar-refractivity contribution is 14.1. The molecule has 16 heavy (non-hydrogen) atoms. The van der Waals surface area contributed by atoms with Crippen molar-refractivity contribution in [3.8, 4) is 0 Å². The Morgan fingerprint density at radius 1 is 1.38 bits per heavy atom. The zero-order chi connectivity index (χ0) is 12.3. The lowest BCUT2D eigenvalue weighted by Crippen LogP contribution is -2.07. The van der Waals surface area contributed by atoms with Gasteiger partial charge in [-0.15, -0.1) is 11.3 Å². The topological polar surface area (TPSA) is 52.6 Å². The molecule has 0 saturated carbocycles. The van der Waals surface area contributed by atoms with Gasteiger partial charge in [0, 0.05) is 0 Å². The molecule has 6 heteroatoms. The van der Waals surface area contributed by atoms with Crippen molar-refractivity contribution in [1.29, 1.82) is 0 Å². The van der Waals surface area contributed by atoms with Gasteiger partial charge in [0.15, 0.2) is 0 Å². The second-order valence-corrected chi connectivity index (χ2v) is 5.75. The van der Waals surface area contributed by atoms with Crippen LogP contribution in [-0.2, 0) is 9.47 Å². The predicted molar refractivity (Wildman–Crippen MR) is 69.1 cm³/mol. The fraction of sp³-hybridized carbons (Fsp3) is 0.400. The van der Waals surface area contributed by atoms with Gasteiger partial charge in [0.25, 0.3) is 0 Å². The van der Waals surface area contributed by atoms with E-state index in [0.29, 0.717) is 22.6 Å². The molecule has 0 unspecified atom stereocenters. The van der Waals surface area contributed by atoms with Crippen LogP contribution in [-0.4, -0.2) is 25.7 Å². The van der Waals surface area contributed by atoms with Crippen molar-refractivity contribution in [1.82, 2.24) is 0 Å². The number of rotatable bonds is 3. The number of ether oxygens (including phenoxy) is 2. The number of thiophene rings is 1. The van der Waals surface area contributed by atoms with E-state index in [4.69, 9.17) is 4.74 Å². The largest absolute Gasteiger partial charge is 0.465 e. The molecule has 0 amide bonds. The Labute approximate surface area is 111 Å². The third-order valence-electron chi connectivity index (χ3n) is 1.95. The van der Waals surface area contributed by atoms with Crippen molar-refractivity contribution >= 4 is 45.9 Å². The van der Waals surface area contributed by atoms with Gasteiger partial charge >= 0.3 is 11.9 Å². The average Bonchev–Trinajstić information content (AvgIpc) is 2.54. The fourth-order valence-corrected chi connectivity index (χ4v) is 3.41. The van der Waals surface area contributed by atoms with Gasteiger partial charge in [0.1, 0.15) is 4.88 Å². The van der Waals surface area contributed by atoms with Crippen LogP contribution in [0, 0.1) is 9.81 Å². The monoisotopic (exact) mass is 354 g/mol. The lowest BCUT2D eigenvalue weighted by Gasteiger charge is -2.01. The summed E-state index contributed by atoms with van der Waals surface area (Å²) in [5.74, 6) is -0.813. The molecule has 0 bridgehead atoms. The van der Waals surface area contributed by atoms with Crippen molar-refractivity contribution in [2.45, 2.75) is 13.8 Å². The van der Waals surface area contributed by atoms with Crippen molar-refractivity contribution in [2.24, 2.45) is 0 Å². The molecule has 0 aromatic carbocycles. The standard InChI is InChI=1S/C10H11IO4S/c1-4-15-10(13)7-5(2)6(8(11)16-7)9(12)14-3/h4H2,1-3H3. The molecule has 4 nitrogen and oxygen atoms in total. The van der Waals surface area contributed by atoms with E-state index in [-0.39, 0.29) is 0 Å². The molecule has 0 aliphatic carbocycles.